The van der Waals surface area contributed by atoms with Crippen LogP contribution in [-0.4, -0.2) is 32.0 Å². The van der Waals surface area contributed by atoms with Crippen LogP contribution in [0.5, 0.6) is 0 Å². The number of ether oxygens (including phenoxy) is 1. The summed E-state index contributed by atoms with van der Waals surface area (Å²) < 4.78 is 9.81. The summed E-state index contributed by atoms with van der Waals surface area (Å²) >= 11 is 6.05. The van der Waals surface area contributed by atoms with Crippen molar-refractivity contribution in [3.63, 3.8) is 0 Å². The summed E-state index contributed by atoms with van der Waals surface area (Å²) in [6, 6.07) is 0. The van der Waals surface area contributed by atoms with Crippen molar-refractivity contribution in [3.05, 3.63) is 11.5 Å². The van der Waals surface area contributed by atoms with E-state index in [1.807, 2.05) is 11.6 Å². The molecule has 0 N–H and O–H groups in total. The minimum Gasteiger partial charge on any atom is -0.379 e. The summed E-state index contributed by atoms with van der Waals surface area (Å²) in [6.07, 6.45) is 2.39. The van der Waals surface area contributed by atoms with Crippen LogP contribution in [0.15, 0.2) is 0 Å². The largest absolute Gasteiger partial charge is 0.379 e. The predicted octanol–water partition coefficient (Wildman–Crippen LogP) is 3.51. The van der Waals surface area contributed by atoms with Crippen molar-refractivity contribution >= 4 is 22.8 Å². The molecule has 2 heterocycles. The van der Waals surface area contributed by atoms with Gasteiger partial charge in [0.25, 0.3) is 0 Å². The summed E-state index contributed by atoms with van der Waals surface area (Å²) in [5.41, 5.74) is 3.04. The van der Waals surface area contributed by atoms with Gasteiger partial charge in [-0.1, -0.05) is 0 Å². The van der Waals surface area contributed by atoms with Gasteiger partial charge in [-0.15, -0.1) is 11.6 Å². The highest BCUT2D eigenvalue weighted by atomic mass is 35.5. The van der Waals surface area contributed by atoms with Crippen LogP contribution >= 0.6 is 11.6 Å². The van der Waals surface area contributed by atoms with Crippen LogP contribution in [0.1, 0.15) is 45.1 Å². The minimum atomic E-state index is 0.299. The molecule has 0 unspecified atom stereocenters. The van der Waals surface area contributed by atoms with E-state index in [4.69, 9.17) is 16.3 Å². The van der Waals surface area contributed by atoms with Crippen LogP contribution in [0.3, 0.4) is 0 Å². The molecule has 0 saturated heterocycles. The summed E-state index contributed by atoms with van der Waals surface area (Å²) in [4.78, 5) is 4.64. The van der Waals surface area contributed by atoms with Gasteiger partial charge in [0.1, 0.15) is 11.3 Å². The van der Waals surface area contributed by atoms with Crippen molar-refractivity contribution in [1.82, 2.24) is 19.3 Å². The normalized spacial score (nSPS) is 11.9. The maximum atomic E-state index is 6.05. The van der Waals surface area contributed by atoms with E-state index in [0.717, 1.165) is 55.2 Å². The van der Waals surface area contributed by atoms with E-state index in [-0.39, 0.29) is 0 Å². The quantitative estimate of drug-likeness (QED) is 0.553. The monoisotopic (exact) mass is 312 g/mol. The standard InChI is InChI=1S/C15H25ClN4O/c1-5-20-15-14(12(4)18-20)17-13(10-16)19(15)8-6-7-9-21-11(2)3/h11H,5-10H2,1-4H3. The number of hydrogen-bond donors (Lipinski definition) is 0. The molecular formula is C15H25ClN4O. The van der Waals surface area contributed by atoms with Crippen LogP contribution < -0.4 is 0 Å². The maximum Gasteiger partial charge on any atom is 0.158 e. The van der Waals surface area contributed by atoms with E-state index in [0.29, 0.717) is 12.0 Å². The highest BCUT2D eigenvalue weighted by Gasteiger charge is 2.17. The Bertz CT molecular complexity index is 588. The predicted molar refractivity (Wildman–Crippen MR) is 85.8 cm³/mol. The van der Waals surface area contributed by atoms with Gasteiger partial charge in [-0.3, -0.25) is 0 Å². The molecule has 0 aliphatic heterocycles. The lowest BCUT2D eigenvalue weighted by Gasteiger charge is -2.10. The Balaban J connectivity index is 2.13. The molecule has 0 amide bonds. The number of aryl methyl sites for hydroxylation is 3. The first kappa shape index (κ1) is 16.3. The number of unbranched alkanes of at least 4 members (excludes halogenated alkanes) is 1. The summed E-state index contributed by atoms with van der Waals surface area (Å²) in [5, 5.41) is 4.54. The summed E-state index contributed by atoms with van der Waals surface area (Å²) in [7, 11) is 0. The molecule has 5 nitrogen and oxygen atoms in total. The molecule has 6 heteroatoms. The molecule has 0 aliphatic carbocycles. The Morgan fingerprint density at radius 2 is 2.05 bits per heavy atom. The van der Waals surface area contributed by atoms with E-state index in [1.54, 1.807) is 0 Å². The van der Waals surface area contributed by atoms with Gasteiger partial charge in [-0.2, -0.15) is 5.10 Å². The molecule has 0 radical (unpaired) electrons. The highest BCUT2D eigenvalue weighted by Crippen LogP contribution is 2.21. The van der Waals surface area contributed by atoms with E-state index in [9.17, 15) is 0 Å². The average molecular weight is 313 g/mol. The number of alkyl halides is 1. The summed E-state index contributed by atoms with van der Waals surface area (Å²) in [6.45, 7) is 10.8. The van der Waals surface area contributed by atoms with Gasteiger partial charge < -0.3 is 9.30 Å². The second-order valence-corrected chi connectivity index (χ2v) is 5.78. The lowest BCUT2D eigenvalue weighted by molar-refractivity contribution is 0.0754. The number of halogens is 1. The zero-order valence-electron chi connectivity index (χ0n) is 13.4. The van der Waals surface area contributed by atoms with E-state index < -0.39 is 0 Å². The second-order valence-electron chi connectivity index (χ2n) is 5.51. The van der Waals surface area contributed by atoms with Gasteiger partial charge in [0.05, 0.1) is 17.7 Å². The molecule has 0 fully saturated rings. The van der Waals surface area contributed by atoms with Crippen molar-refractivity contribution in [1.29, 1.82) is 0 Å². The Morgan fingerprint density at radius 3 is 2.67 bits per heavy atom. The number of rotatable bonds is 8. The number of fused-ring (bicyclic) bond motifs is 1. The highest BCUT2D eigenvalue weighted by molar-refractivity contribution is 6.16. The van der Waals surface area contributed by atoms with E-state index >= 15 is 0 Å². The number of hydrogen-bond acceptors (Lipinski definition) is 3. The van der Waals surface area contributed by atoms with Crippen molar-refractivity contribution in [2.24, 2.45) is 0 Å². The molecule has 2 rings (SSSR count). The van der Waals surface area contributed by atoms with Crippen LogP contribution in [-0.2, 0) is 23.7 Å². The van der Waals surface area contributed by atoms with Crippen LogP contribution in [0, 0.1) is 6.92 Å². The minimum absolute atomic E-state index is 0.299. The molecule has 0 bridgehead atoms. The first-order valence-electron chi connectivity index (χ1n) is 7.68. The van der Waals surface area contributed by atoms with Gasteiger partial charge in [0, 0.05) is 19.7 Å². The summed E-state index contributed by atoms with van der Waals surface area (Å²) in [5.74, 6) is 1.36. The van der Waals surface area contributed by atoms with Crippen LogP contribution in [0.4, 0.5) is 0 Å². The van der Waals surface area contributed by atoms with Crippen LogP contribution in [0.2, 0.25) is 0 Å². The molecule has 0 aromatic carbocycles. The van der Waals surface area contributed by atoms with Gasteiger partial charge in [-0.05, 0) is 40.5 Å². The molecule has 118 valence electrons. The Morgan fingerprint density at radius 1 is 1.29 bits per heavy atom. The first-order chi connectivity index (χ1) is 10.1. The lowest BCUT2D eigenvalue weighted by Crippen LogP contribution is -2.09. The number of aromatic nitrogens is 4. The van der Waals surface area contributed by atoms with Crippen molar-refractivity contribution in [3.8, 4) is 0 Å². The van der Waals surface area contributed by atoms with E-state index in [2.05, 4.69) is 35.4 Å². The van der Waals surface area contributed by atoms with Gasteiger partial charge in [0.15, 0.2) is 5.65 Å². The maximum absolute atomic E-state index is 6.05. The fourth-order valence-electron chi connectivity index (χ4n) is 2.52. The molecule has 0 atom stereocenters. The Hall–Kier alpha value is -1.07. The molecule has 2 aromatic heterocycles. The molecule has 0 saturated carbocycles. The van der Waals surface area contributed by atoms with Crippen molar-refractivity contribution in [2.45, 2.75) is 65.6 Å². The van der Waals surface area contributed by atoms with Gasteiger partial charge in [-0.25, -0.2) is 9.67 Å². The van der Waals surface area contributed by atoms with Crippen molar-refractivity contribution in [2.75, 3.05) is 6.61 Å². The van der Waals surface area contributed by atoms with E-state index in [1.165, 1.54) is 0 Å². The average Bonchev–Trinajstić information content (AvgIpc) is 2.96. The smallest absolute Gasteiger partial charge is 0.158 e. The molecule has 0 spiro atoms. The fourth-order valence-corrected chi connectivity index (χ4v) is 2.72. The Labute approximate surface area is 131 Å². The molecule has 0 aliphatic rings. The molecule has 21 heavy (non-hydrogen) atoms. The SMILES string of the molecule is CCn1nc(C)c2nc(CCl)n(CCCCOC(C)C)c21. The first-order valence-corrected chi connectivity index (χ1v) is 8.22. The third kappa shape index (κ3) is 3.58. The zero-order chi connectivity index (χ0) is 15.4. The number of imidazole rings is 1. The van der Waals surface area contributed by atoms with Gasteiger partial charge >= 0.3 is 0 Å². The second kappa shape index (κ2) is 7.27. The van der Waals surface area contributed by atoms with Gasteiger partial charge in [0.2, 0.25) is 0 Å². The molecule has 2 aromatic rings. The zero-order valence-corrected chi connectivity index (χ0v) is 14.2. The third-order valence-corrected chi connectivity index (χ3v) is 3.76. The molecular weight excluding hydrogens is 288 g/mol. The Kier molecular flexibility index (Phi) is 5.65. The fraction of sp³-hybridized carbons (Fsp3) is 0.733. The number of nitrogens with zero attached hydrogens (tertiary/aromatic N) is 4. The van der Waals surface area contributed by atoms with Crippen LogP contribution in [0.25, 0.3) is 11.2 Å². The third-order valence-electron chi connectivity index (χ3n) is 3.52. The topological polar surface area (TPSA) is 44.9 Å². The lowest BCUT2D eigenvalue weighted by atomic mass is 10.3. The van der Waals surface area contributed by atoms with Crippen molar-refractivity contribution < 1.29 is 4.74 Å².